The van der Waals surface area contributed by atoms with Gasteiger partial charge in [0.2, 0.25) is 0 Å². The third kappa shape index (κ3) is 6.77. The number of nitrogens with two attached hydrogens (primary N) is 1. The molecule has 0 aliphatic rings. The molecule has 0 aliphatic carbocycles. The Morgan fingerprint density at radius 3 is 2.59 bits per heavy atom. The largest absolute Gasteiger partial charge is 0.444 e. The molecule has 0 aliphatic heterocycles. The van der Waals surface area contributed by atoms with Crippen LogP contribution in [0.2, 0.25) is 0 Å². The maximum atomic E-state index is 11.8. The minimum absolute atomic E-state index is 0.0784. The average Bonchev–Trinajstić information content (AvgIpc) is 2.88. The van der Waals surface area contributed by atoms with Crippen LogP contribution in [0.1, 0.15) is 39.5 Å². The summed E-state index contributed by atoms with van der Waals surface area (Å²) in [6.07, 6.45) is -0.397. The third-order valence-corrected chi connectivity index (χ3v) is 4.06. The summed E-state index contributed by atoms with van der Waals surface area (Å²) < 4.78 is 5.27. The number of hydrogen-bond donors (Lipinski definition) is 2. The molecule has 1 atom stereocenters. The van der Waals surface area contributed by atoms with E-state index in [1.165, 1.54) is 4.88 Å². The van der Waals surface area contributed by atoms with Crippen LogP contribution < -0.4 is 11.1 Å². The lowest BCUT2D eigenvalue weighted by Gasteiger charge is -2.34. The van der Waals surface area contributed by atoms with Crippen molar-refractivity contribution in [3.05, 3.63) is 22.4 Å². The highest BCUT2D eigenvalue weighted by atomic mass is 32.1. The van der Waals surface area contributed by atoms with Crippen molar-refractivity contribution in [1.29, 1.82) is 0 Å². The van der Waals surface area contributed by atoms with E-state index in [2.05, 4.69) is 41.6 Å². The van der Waals surface area contributed by atoms with Crippen LogP contribution in [0.3, 0.4) is 0 Å². The molecule has 0 saturated carbocycles. The van der Waals surface area contributed by atoms with Crippen molar-refractivity contribution in [3.63, 3.8) is 0 Å². The first-order chi connectivity index (χ1) is 10.2. The van der Waals surface area contributed by atoms with Gasteiger partial charge in [-0.1, -0.05) is 6.07 Å². The van der Waals surface area contributed by atoms with E-state index in [4.69, 9.17) is 10.5 Å². The van der Waals surface area contributed by atoms with Gasteiger partial charge in [-0.05, 0) is 46.1 Å². The second kappa shape index (κ2) is 8.50. The SMILES string of the molecule is CC(C)N(Cc1cccs1)C(CN)CNC(=O)OC(C)(C)C. The van der Waals surface area contributed by atoms with Gasteiger partial charge in [-0.25, -0.2) is 4.79 Å². The molecule has 1 unspecified atom stereocenters. The molecule has 1 aromatic rings. The molecule has 22 heavy (non-hydrogen) atoms. The highest BCUT2D eigenvalue weighted by Crippen LogP contribution is 2.16. The Labute approximate surface area is 137 Å². The Hall–Kier alpha value is -1.11. The van der Waals surface area contributed by atoms with Crippen LogP contribution in [0.5, 0.6) is 0 Å². The Bertz CT molecular complexity index is 441. The molecular weight excluding hydrogens is 298 g/mol. The first kappa shape index (κ1) is 18.9. The number of ether oxygens (including phenoxy) is 1. The predicted molar refractivity (Wildman–Crippen MR) is 92.1 cm³/mol. The molecule has 6 heteroatoms. The Balaban J connectivity index is 2.60. The van der Waals surface area contributed by atoms with Gasteiger partial charge in [0.05, 0.1) is 0 Å². The number of rotatable bonds is 7. The zero-order valence-corrected chi connectivity index (χ0v) is 15.1. The van der Waals surface area contributed by atoms with Crippen LogP contribution in [0.4, 0.5) is 4.79 Å². The van der Waals surface area contributed by atoms with Crippen molar-refractivity contribution in [2.45, 2.75) is 58.8 Å². The van der Waals surface area contributed by atoms with E-state index in [1.54, 1.807) is 11.3 Å². The number of nitrogens with zero attached hydrogens (tertiary/aromatic N) is 1. The van der Waals surface area contributed by atoms with Gasteiger partial charge in [0.1, 0.15) is 5.60 Å². The van der Waals surface area contributed by atoms with E-state index in [9.17, 15) is 4.79 Å². The fourth-order valence-electron chi connectivity index (χ4n) is 2.17. The van der Waals surface area contributed by atoms with Gasteiger partial charge in [0, 0.05) is 36.6 Å². The number of hydrogen-bond acceptors (Lipinski definition) is 5. The van der Waals surface area contributed by atoms with Crippen molar-refractivity contribution < 1.29 is 9.53 Å². The molecule has 3 N–H and O–H groups in total. The van der Waals surface area contributed by atoms with E-state index in [0.717, 1.165) is 6.54 Å². The number of nitrogens with one attached hydrogen (secondary N) is 1. The molecular formula is C16H29N3O2S. The zero-order chi connectivity index (χ0) is 16.8. The smallest absolute Gasteiger partial charge is 0.407 e. The summed E-state index contributed by atoms with van der Waals surface area (Å²) in [6.45, 7) is 11.6. The Morgan fingerprint density at radius 2 is 2.14 bits per heavy atom. The quantitative estimate of drug-likeness (QED) is 0.808. The minimum atomic E-state index is -0.489. The van der Waals surface area contributed by atoms with E-state index < -0.39 is 11.7 Å². The van der Waals surface area contributed by atoms with Crippen LogP contribution in [-0.4, -0.2) is 41.8 Å². The van der Waals surface area contributed by atoms with Crippen molar-refractivity contribution in [1.82, 2.24) is 10.2 Å². The maximum Gasteiger partial charge on any atom is 0.407 e. The van der Waals surface area contributed by atoms with E-state index in [1.807, 2.05) is 20.8 Å². The Kier molecular flexibility index (Phi) is 7.32. The number of carbonyl (C=O) groups is 1. The van der Waals surface area contributed by atoms with Gasteiger partial charge in [-0.15, -0.1) is 11.3 Å². The van der Waals surface area contributed by atoms with Crippen LogP contribution in [0.15, 0.2) is 17.5 Å². The Morgan fingerprint density at radius 1 is 1.45 bits per heavy atom. The minimum Gasteiger partial charge on any atom is -0.444 e. The highest BCUT2D eigenvalue weighted by molar-refractivity contribution is 7.09. The molecule has 126 valence electrons. The third-order valence-electron chi connectivity index (χ3n) is 3.20. The van der Waals surface area contributed by atoms with E-state index in [-0.39, 0.29) is 6.04 Å². The lowest BCUT2D eigenvalue weighted by Crippen LogP contribution is -2.50. The van der Waals surface area contributed by atoms with Crippen LogP contribution in [0.25, 0.3) is 0 Å². The summed E-state index contributed by atoms with van der Waals surface area (Å²) >= 11 is 1.73. The molecule has 5 nitrogen and oxygen atoms in total. The van der Waals surface area contributed by atoms with Crippen LogP contribution in [-0.2, 0) is 11.3 Å². The standard InChI is InChI=1S/C16H29N3O2S/c1-12(2)19(11-14-7-6-8-22-14)13(9-17)10-18-15(20)21-16(3,4)5/h6-8,12-13H,9-11,17H2,1-5H3,(H,18,20). The van der Waals surface area contributed by atoms with E-state index in [0.29, 0.717) is 19.1 Å². The lowest BCUT2D eigenvalue weighted by molar-refractivity contribution is 0.0497. The van der Waals surface area contributed by atoms with Gasteiger partial charge >= 0.3 is 6.09 Å². The van der Waals surface area contributed by atoms with Gasteiger partial charge < -0.3 is 15.8 Å². The monoisotopic (exact) mass is 327 g/mol. The number of alkyl carbamates (subject to hydrolysis) is 1. The molecule has 0 radical (unpaired) electrons. The van der Waals surface area contributed by atoms with E-state index >= 15 is 0 Å². The zero-order valence-electron chi connectivity index (χ0n) is 14.3. The second-order valence-corrected chi connectivity index (χ2v) is 7.65. The van der Waals surface area contributed by atoms with Crippen molar-refractivity contribution in [2.75, 3.05) is 13.1 Å². The topological polar surface area (TPSA) is 67.6 Å². The highest BCUT2D eigenvalue weighted by Gasteiger charge is 2.23. The predicted octanol–water partition coefficient (Wildman–Crippen LogP) is 2.81. The van der Waals surface area contributed by atoms with Gasteiger partial charge in [0.15, 0.2) is 0 Å². The molecule has 0 saturated heterocycles. The molecule has 0 fully saturated rings. The summed E-state index contributed by atoms with van der Waals surface area (Å²) in [6, 6.07) is 4.59. The first-order valence-electron chi connectivity index (χ1n) is 7.68. The van der Waals surface area contributed by atoms with Gasteiger partial charge in [-0.2, -0.15) is 0 Å². The molecule has 1 heterocycles. The lowest BCUT2D eigenvalue weighted by atomic mass is 10.2. The molecule has 1 amide bonds. The van der Waals surface area contributed by atoms with Crippen LogP contribution in [0, 0.1) is 0 Å². The maximum absolute atomic E-state index is 11.8. The first-order valence-corrected chi connectivity index (χ1v) is 8.56. The fraction of sp³-hybridized carbons (Fsp3) is 0.688. The summed E-state index contributed by atoms with van der Waals surface area (Å²) in [4.78, 5) is 15.4. The second-order valence-electron chi connectivity index (χ2n) is 6.62. The summed E-state index contributed by atoms with van der Waals surface area (Å²) in [5, 5.41) is 4.90. The van der Waals surface area contributed by atoms with Crippen molar-refractivity contribution in [3.8, 4) is 0 Å². The van der Waals surface area contributed by atoms with Gasteiger partial charge in [0.25, 0.3) is 0 Å². The number of carbonyl (C=O) groups excluding carboxylic acids is 1. The number of amides is 1. The van der Waals surface area contributed by atoms with Gasteiger partial charge in [-0.3, -0.25) is 4.90 Å². The molecule has 1 aromatic heterocycles. The molecule has 0 spiro atoms. The molecule has 0 bridgehead atoms. The van der Waals surface area contributed by atoms with Crippen molar-refractivity contribution >= 4 is 17.4 Å². The number of thiophene rings is 1. The average molecular weight is 327 g/mol. The van der Waals surface area contributed by atoms with Crippen LogP contribution >= 0.6 is 11.3 Å². The normalized spacial score (nSPS) is 13.5. The summed E-state index contributed by atoms with van der Waals surface area (Å²) in [5.74, 6) is 0. The summed E-state index contributed by atoms with van der Waals surface area (Å²) in [7, 11) is 0. The summed E-state index contributed by atoms with van der Waals surface area (Å²) in [5.41, 5.74) is 5.43. The molecule has 1 rings (SSSR count). The molecule has 0 aromatic carbocycles. The fourth-order valence-corrected chi connectivity index (χ4v) is 2.88. The van der Waals surface area contributed by atoms with Crippen molar-refractivity contribution in [2.24, 2.45) is 5.73 Å².